The van der Waals surface area contributed by atoms with Crippen LogP contribution in [0.25, 0.3) is 0 Å². The summed E-state index contributed by atoms with van der Waals surface area (Å²) in [6, 6.07) is 0. The molecule has 1 aromatic heterocycles. The van der Waals surface area contributed by atoms with E-state index in [4.69, 9.17) is 11.6 Å². The minimum Gasteiger partial charge on any atom is -0.369 e. The van der Waals surface area contributed by atoms with Crippen molar-refractivity contribution in [3.8, 4) is 0 Å². The molecule has 48 valence electrons. The third-order valence-electron chi connectivity index (χ3n) is 0.628. The van der Waals surface area contributed by atoms with Crippen LogP contribution in [0.2, 0.25) is 5.15 Å². The van der Waals surface area contributed by atoms with Crippen LogP contribution in [0.1, 0.15) is 0 Å². The van der Waals surface area contributed by atoms with Crippen LogP contribution in [0.15, 0.2) is 0 Å². The number of hydrogen-bond acceptors (Lipinski definition) is 4. The van der Waals surface area contributed by atoms with Crippen molar-refractivity contribution >= 4 is 27.9 Å². The van der Waals surface area contributed by atoms with Crippen molar-refractivity contribution in [2.24, 2.45) is 0 Å². The van der Waals surface area contributed by atoms with E-state index in [1.165, 1.54) is 0 Å². The van der Waals surface area contributed by atoms with Crippen LogP contribution in [0.3, 0.4) is 0 Å². The van der Waals surface area contributed by atoms with E-state index in [2.05, 4.69) is 10.5 Å². The lowest BCUT2D eigenvalue weighted by molar-refractivity contribution is -0.380. The Morgan fingerprint density at radius 3 is 2.78 bits per heavy atom. The quantitative estimate of drug-likeness (QED) is 0.358. The van der Waals surface area contributed by atoms with Gasteiger partial charge in [0, 0.05) is 4.92 Å². The molecule has 0 aliphatic rings. The van der Waals surface area contributed by atoms with Crippen LogP contribution in [0.4, 0.5) is 5.00 Å². The molecule has 1 aromatic rings. The molecule has 0 radical (unpaired) electrons. The van der Waals surface area contributed by atoms with Crippen molar-refractivity contribution in [2.75, 3.05) is 0 Å². The van der Waals surface area contributed by atoms with Gasteiger partial charge in [-0.2, -0.15) is 11.6 Å². The fraction of sp³-hybridized carbons (Fsp3) is 0. The van der Waals surface area contributed by atoms with Gasteiger partial charge in [-0.3, -0.25) is 10.1 Å². The topological polar surface area (TPSA) is 56.0 Å². The van der Waals surface area contributed by atoms with E-state index in [0.717, 1.165) is 11.3 Å². The van der Waals surface area contributed by atoms with Gasteiger partial charge in [0.2, 0.25) is 5.00 Å². The highest BCUT2D eigenvalue weighted by Gasteiger charge is 2.01. The second-order valence-electron chi connectivity index (χ2n) is 1.16. The Morgan fingerprint density at radius 2 is 2.56 bits per heavy atom. The molecule has 0 spiro atoms. The van der Waals surface area contributed by atoms with Crippen LogP contribution in [0, 0.1) is 15.6 Å². The van der Waals surface area contributed by atoms with Crippen molar-refractivity contribution in [2.45, 2.75) is 0 Å². The molecule has 9 heavy (non-hydrogen) atoms. The van der Waals surface area contributed by atoms with Gasteiger partial charge >= 0.3 is 0 Å². The standard InChI is InChI=1S/C3ClN2O2S/c4-2-3(6(7)8)9-1-5-2/q-1. The molecule has 0 fully saturated rings. The van der Waals surface area contributed by atoms with E-state index in [1.54, 1.807) is 0 Å². The highest BCUT2D eigenvalue weighted by molar-refractivity contribution is 7.13. The van der Waals surface area contributed by atoms with Crippen molar-refractivity contribution in [1.29, 1.82) is 0 Å². The second kappa shape index (κ2) is 2.28. The summed E-state index contributed by atoms with van der Waals surface area (Å²) in [5.74, 6) is 0. The highest BCUT2D eigenvalue weighted by Crippen LogP contribution is 2.25. The van der Waals surface area contributed by atoms with Crippen molar-refractivity contribution in [1.82, 2.24) is 4.98 Å². The number of nitrogens with zero attached hydrogens (tertiary/aromatic N) is 2. The number of nitro groups is 1. The Morgan fingerprint density at radius 1 is 1.89 bits per heavy atom. The van der Waals surface area contributed by atoms with Gasteiger partial charge in [-0.25, -0.2) is 11.3 Å². The van der Waals surface area contributed by atoms with Gasteiger partial charge < -0.3 is 4.98 Å². The Bertz CT molecular complexity index is 235. The van der Waals surface area contributed by atoms with Gasteiger partial charge in [0.1, 0.15) is 0 Å². The Balaban J connectivity index is 3.08. The smallest absolute Gasteiger partial charge is 0.213 e. The zero-order valence-corrected chi connectivity index (χ0v) is 5.57. The molecule has 6 heteroatoms. The molecule has 0 saturated heterocycles. The molecule has 0 bridgehead atoms. The lowest BCUT2D eigenvalue weighted by atomic mass is 10.9. The average Bonchev–Trinajstić information content (AvgIpc) is 2.13. The Hall–Kier alpha value is -0.680. The summed E-state index contributed by atoms with van der Waals surface area (Å²) >= 11 is 6.05. The van der Waals surface area contributed by atoms with Gasteiger partial charge in [-0.15, -0.1) is 0 Å². The summed E-state index contributed by atoms with van der Waals surface area (Å²) in [6.07, 6.45) is 0. The summed E-state index contributed by atoms with van der Waals surface area (Å²) < 4.78 is 0. The molecule has 0 atom stereocenters. The Kier molecular flexibility index (Phi) is 1.63. The van der Waals surface area contributed by atoms with E-state index in [9.17, 15) is 10.1 Å². The summed E-state index contributed by atoms with van der Waals surface area (Å²) in [6.45, 7) is 0. The summed E-state index contributed by atoms with van der Waals surface area (Å²) in [4.78, 5) is 12.7. The summed E-state index contributed by atoms with van der Waals surface area (Å²) in [7, 11) is 0. The maximum absolute atomic E-state index is 9.95. The minimum absolute atomic E-state index is 0.0926. The number of halogens is 1. The van der Waals surface area contributed by atoms with E-state index in [-0.39, 0.29) is 10.2 Å². The van der Waals surface area contributed by atoms with Gasteiger partial charge in [0.05, 0.1) is 5.15 Å². The molecule has 0 unspecified atom stereocenters. The first-order valence-corrected chi connectivity index (χ1v) is 3.08. The maximum Gasteiger partial charge on any atom is 0.213 e. The van der Waals surface area contributed by atoms with Crippen LogP contribution < -0.4 is 0 Å². The molecule has 0 amide bonds. The first kappa shape index (κ1) is 6.44. The predicted molar refractivity (Wildman–Crippen MR) is 32.6 cm³/mol. The number of thiazole rings is 1. The number of aromatic nitrogens is 1. The first-order chi connectivity index (χ1) is 4.22. The van der Waals surface area contributed by atoms with E-state index in [1.807, 2.05) is 0 Å². The summed E-state index contributed by atoms with van der Waals surface area (Å²) in [5.41, 5.74) is 2.30. The fourth-order valence-corrected chi connectivity index (χ4v) is 1.01. The highest BCUT2D eigenvalue weighted by atomic mass is 35.5. The molecule has 1 rings (SSSR count). The van der Waals surface area contributed by atoms with Crippen LogP contribution >= 0.6 is 22.9 Å². The van der Waals surface area contributed by atoms with Gasteiger partial charge in [0.15, 0.2) is 0 Å². The van der Waals surface area contributed by atoms with E-state index in [0.29, 0.717) is 0 Å². The fourth-order valence-electron chi connectivity index (χ4n) is 0.309. The average molecular weight is 164 g/mol. The molecule has 0 aliphatic heterocycles. The second-order valence-corrected chi connectivity index (χ2v) is 2.29. The predicted octanol–water partition coefficient (Wildman–Crippen LogP) is 1.50. The first-order valence-electron chi connectivity index (χ1n) is 1.88. The third-order valence-corrected chi connectivity index (χ3v) is 1.72. The van der Waals surface area contributed by atoms with Crippen molar-refractivity contribution < 1.29 is 4.92 Å². The van der Waals surface area contributed by atoms with Crippen LogP contribution in [-0.2, 0) is 0 Å². The third kappa shape index (κ3) is 1.17. The van der Waals surface area contributed by atoms with Gasteiger partial charge in [0.25, 0.3) is 0 Å². The van der Waals surface area contributed by atoms with Crippen molar-refractivity contribution in [3.05, 3.63) is 20.8 Å². The lowest BCUT2D eigenvalue weighted by Crippen LogP contribution is -1.82. The molecular weight excluding hydrogens is 164 g/mol. The summed E-state index contributed by atoms with van der Waals surface area (Å²) in [5, 5.41) is 9.71. The molecule has 0 aliphatic carbocycles. The zero-order chi connectivity index (χ0) is 6.85. The molecule has 0 saturated carbocycles. The largest absolute Gasteiger partial charge is 0.369 e. The normalized spacial score (nSPS) is 9.44. The van der Waals surface area contributed by atoms with E-state index >= 15 is 0 Å². The molecule has 4 nitrogen and oxygen atoms in total. The lowest BCUT2D eigenvalue weighted by Gasteiger charge is -1.90. The SMILES string of the molecule is O=[N+]([O-])c1s[c-]nc1Cl. The monoisotopic (exact) mass is 163 g/mol. The van der Waals surface area contributed by atoms with Crippen LogP contribution in [-0.4, -0.2) is 9.91 Å². The van der Waals surface area contributed by atoms with Gasteiger partial charge in [-0.05, 0) is 5.51 Å². The molecule has 0 aromatic carbocycles. The molecular formula is C3ClN2O2S-. The van der Waals surface area contributed by atoms with Gasteiger partial charge in [-0.1, -0.05) is 0 Å². The maximum atomic E-state index is 9.95. The number of rotatable bonds is 1. The minimum atomic E-state index is -0.587. The number of hydrogen-bond donors (Lipinski definition) is 0. The molecule has 0 N–H and O–H groups in total. The van der Waals surface area contributed by atoms with Crippen molar-refractivity contribution in [3.63, 3.8) is 0 Å². The molecule has 1 heterocycles. The van der Waals surface area contributed by atoms with E-state index < -0.39 is 4.92 Å². The zero-order valence-electron chi connectivity index (χ0n) is 4.00. The van der Waals surface area contributed by atoms with Crippen LogP contribution in [0.5, 0.6) is 0 Å². The Labute approximate surface area is 59.2 Å².